The molecule has 1 N–H and O–H groups in total. The summed E-state index contributed by atoms with van der Waals surface area (Å²) in [7, 11) is 0. The topological polar surface area (TPSA) is 52.7 Å². The fraction of sp³-hybridized carbons (Fsp3) is 0.500. The summed E-state index contributed by atoms with van der Waals surface area (Å²) in [4.78, 5) is 30.3. The number of hydrogen-bond acceptors (Lipinski definition) is 3. The number of amides is 2. The van der Waals surface area contributed by atoms with Crippen LogP contribution in [0.5, 0.6) is 0 Å². The maximum Gasteiger partial charge on any atom is 0.229 e. The molecule has 2 saturated heterocycles. The molecule has 2 heterocycles. The Hall–Kier alpha value is -2.66. The lowest BCUT2D eigenvalue weighted by molar-refractivity contribution is -0.139. The Morgan fingerprint density at radius 3 is 2.24 bits per heavy atom. The van der Waals surface area contributed by atoms with E-state index in [2.05, 4.69) is 39.4 Å². The predicted octanol–water partition coefficient (Wildman–Crippen LogP) is 4.16. The molecule has 1 aliphatic carbocycles. The van der Waals surface area contributed by atoms with Crippen LogP contribution in [0.2, 0.25) is 0 Å². The van der Waals surface area contributed by atoms with Gasteiger partial charge in [-0.2, -0.15) is 0 Å². The number of rotatable bonds is 8. The van der Waals surface area contributed by atoms with Gasteiger partial charge in [0, 0.05) is 25.6 Å². The van der Waals surface area contributed by atoms with Gasteiger partial charge in [-0.3, -0.25) is 9.59 Å². The monoisotopic (exact) mass is 445 g/mol. The minimum Gasteiger partial charge on any atom is -0.349 e. The minimum atomic E-state index is -0.162. The maximum atomic E-state index is 13.3. The minimum absolute atomic E-state index is 0.0599. The van der Waals surface area contributed by atoms with Crippen LogP contribution in [0.25, 0.3) is 0 Å². The van der Waals surface area contributed by atoms with Gasteiger partial charge in [-0.25, -0.2) is 0 Å². The highest BCUT2D eigenvalue weighted by Crippen LogP contribution is 2.42. The second-order valence-corrected chi connectivity index (χ2v) is 10.1. The van der Waals surface area contributed by atoms with Gasteiger partial charge < -0.3 is 15.1 Å². The predicted molar refractivity (Wildman–Crippen MR) is 129 cm³/mol. The molecule has 33 heavy (non-hydrogen) atoms. The third kappa shape index (κ3) is 5.14. The molecule has 3 aliphatic rings. The van der Waals surface area contributed by atoms with Crippen LogP contribution >= 0.6 is 0 Å². The average molecular weight is 446 g/mol. The second-order valence-electron chi connectivity index (χ2n) is 10.1. The number of hydrogen-bond donors (Lipinski definition) is 1. The quantitative estimate of drug-likeness (QED) is 0.664. The Kier molecular flexibility index (Phi) is 6.50. The van der Waals surface area contributed by atoms with E-state index in [9.17, 15) is 9.59 Å². The highest BCUT2D eigenvalue weighted by atomic mass is 16.2. The van der Waals surface area contributed by atoms with Crippen molar-refractivity contribution in [3.8, 4) is 0 Å². The Bertz CT molecular complexity index is 950. The van der Waals surface area contributed by atoms with Crippen molar-refractivity contribution >= 4 is 11.8 Å². The first-order chi connectivity index (χ1) is 16.1. The first kappa shape index (κ1) is 22.1. The van der Waals surface area contributed by atoms with E-state index >= 15 is 0 Å². The van der Waals surface area contributed by atoms with Crippen molar-refractivity contribution in [2.45, 2.75) is 51.1 Å². The molecule has 1 spiro atoms. The molecule has 2 aromatic rings. The van der Waals surface area contributed by atoms with Crippen molar-refractivity contribution in [1.29, 1.82) is 0 Å². The van der Waals surface area contributed by atoms with E-state index in [1.54, 1.807) is 0 Å². The number of nitrogens with one attached hydrogen (secondary N) is 1. The van der Waals surface area contributed by atoms with Gasteiger partial charge in [0.25, 0.3) is 0 Å². The molecule has 3 fully saturated rings. The molecule has 5 nitrogen and oxygen atoms in total. The van der Waals surface area contributed by atoms with E-state index in [4.69, 9.17) is 0 Å². The van der Waals surface area contributed by atoms with Crippen LogP contribution in [0.4, 0.5) is 0 Å². The van der Waals surface area contributed by atoms with Gasteiger partial charge in [0.15, 0.2) is 0 Å². The number of carbonyl (C=O) groups is 2. The third-order valence-electron chi connectivity index (χ3n) is 7.83. The van der Waals surface area contributed by atoms with Crippen LogP contribution in [-0.4, -0.2) is 47.8 Å². The molecule has 5 heteroatoms. The molecule has 1 saturated carbocycles. The Morgan fingerprint density at radius 1 is 0.939 bits per heavy atom. The Labute approximate surface area is 197 Å². The smallest absolute Gasteiger partial charge is 0.229 e. The van der Waals surface area contributed by atoms with Crippen molar-refractivity contribution in [3.05, 3.63) is 71.8 Å². The Balaban J connectivity index is 1.14. The summed E-state index contributed by atoms with van der Waals surface area (Å²) in [5, 5.41) is 3.29. The number of likely N-dealkylation sites (tertiary alicyclic amines) is 2. The molecule has 1 atom stereocenters. The van der Waals surface area contributed by atoms with E-state index in [0.717, 1.165) is 71.2 Å². The maximum absolute atomic E-state index is 13.3. The summed E-state index contributed by atoms with van der Waals surface area (Å²) in [6, 6.07) is 20.7. The second kappa shape index (κ2) is 9.68. The van der Waals surface area contributed by atoms with Gasteiger partial charge in [0.1, 0.15) is 0 Å². The van der Waals surface area contributed by atoms with E-state index in [-0.39, 0.29) is 23.3 Å². The summed E-state index contributed by atoms with van der Waals surface area (Å²) in [5.41, 5.74) is 2.23. The zero-order chi connectivity index (χ0) is 22.7. The highest BCUT2D eigenvalue weighted by Gasteiger charge is 2.47. The summed E-state index contributed by atoms with van der Waals surface area (Å²) in [6.45, 7) is 4.47. The van der Waals surface area contributed by atoms with Gasteiger partial charge in [-0.1, -0.05) is 60.7 Å². The molecule has 2 amide bonds. The lowest BCUT2D eigenvalue weighted by Crippen LogP contribution is -2.45. The van der Waals surface area contributed by atoms with Gasteiger partial charge in [0.2, 0.25) is 11.8 Å². The molecule has 5 rings (SSSR count). The number of carbonyl (C=O) groups excluding carboxylic acids is 2. The van der Waals surface area contributed by atoms with Gasteiger partial charge >= 0.3 is 0 Å². The zero-order valence-corrected chi connectivity index (χ0v) is 19.4. The molecule has 0 aromatic heterocycles. The summed E-state index contributed by atoms with van der Waals surface area (Å²) in [6.07, 6.45) is 5.83. The number of benzene rings is 2. The van der Waals surface area contributed by atoms with Crippen LogP contribution in [0.1, 0.15) is 55.7 Å². The largest absolute Gasteiger partial charge is 0.349 e. The summed E-state index contributed by atoms with van der Waals surface area (Å²) >= 11 is 0. The Morgan fingerprint density at radius 2 is 1.58 bits per heavy atom. The standard InChI is InChI=1S/C28H35N3O2/c32-26(24-11-12-24)29-25(23-9-5-2-6-10-23)13-17-30-18-14-28(15-19-30)16-20-31(27(28)33)21-22-7-3-1-4-8-22/h1-10,24-25H,11-21H2,(H,29,32)/t25-/m0/s1. The zero-order valence-electron chi connectivity index (χ0n) is 19.4. The first-order valence-electron chi connectivity index (χ1n) is 12.5. The van der Waals surface area contributed by atoms with Crippen LogP contribution in [0.15, 0.2) is 60.7 Å². The molecular formula is C28H35N3O2. The van der Waals surface area contributed by atoms with Crippen LogP contribution < -0.4 is 5.32 Å². The van der Waals surface area contributed by atoms with Crippen LogP contribution in [0, 0.1) is 11.3 Å². The molecule has 0 bridgehead atoms. The van der Waals surface area contributed by atoms with Gasteiger partial charge in [-0.05, 0) is 62.7 Å². The van der Waals surface area contributed by atoms with Crippen LogP contribution in [-0.2, 0) is 16.1 Å². The number of piperidine rings is 1. The van der Waals surface area contributed by atoms with Gasteiger partial charge in [-0.15, -0.1) is 0 Å². The fourth-order valence-electron chi connectivity index (χ4n) is 5.47. The van der Waals surface area contributed by atoms with Crippen molar-refractivity contribution in [3.63, 3.8) is 0 Å². The van der Waals surface area contributed by atoms with Gasteiger partial charge in [0.05, 0.1) is 11.5 Å². The molecular weight excluding hydrogens is 410 g/mol. The lowest BCUT2D eigenvalue weighted by Gasteiger charge is -2.38. The molecule has 2 aromatic carbocycles. The first-order valence-corrected chi connectivity index (χ1v) is 12.5. The number of nitrogens with zero attached hydrogens (tertiary/aromatic N) is 2. The lowest BCUT2D eigenvalue weighted by atomic mass is 9.77. The van der Waals surface area contributed by atoms with E-state index in [1.165, 1.54) is 11.1 Å². The molecule has 0 radical (unpaired) electrons. The van der Waals surface area contributed by atoms with E-state index in [1.807, 2.05) is 36.4 Å². The van der Waals surface area contributed by atoms with Crippen molar-refractivity contribution in [1.82, 2.24) is 15.1 Å². The summed E-state index contributed by atoms with van der Waals surface area (Å²) in [5.74, 6) is 0.777. The van der Waals surface area contributed by atoms with E-state index < -0.39 is 0 Å². The van der Waals surface area contributed by atoms with Crippen molar-refractivity contribution < 1.29 is 9.59 Å². The van der Waals surface area contributed by atoms with E-state index in [0.29, 0.717) is 5.91 Å². The normalized spacial score (nSPS) is 21.3. The highest BCUT2D eigenvalue weighted by molar-refractivity contribution is 5.85. The van der Waals surface area contributed by atoms with Crippen molar-refractivity contribution in [2.75, 3.05) is 26.2 Å². The average Bonchev–Trinajstić information content (AvgIpc) is 3.67. The van der Waals surface area contributed by atoms with Crippen molar-refractivity contribution in [2.24, 2.45) is 11.3 Å². The fourth-order valence-corrected chi connectivity index (χ4v) is 5.47. The third-order valence-corrected chi connectivity index (χ3v) is 7.83. The molecule has 0 unspecified atom stereocenters. The summed E-state index contributed by atoms with van der Waals surface area (Å²) < 4.78 is 0. The van der Waals surface area contributed by atoms with Crippen LogP contribution in [0.3, 0.4) is 0 Å². The SMILES string of the molecule is O=C(N[C@@H](CCN1CCC2(CC1)CCN(Cc1ccccc1)C2=O)c1ccccc1)C1CC1. The molecule has 2 aliphatic heterocycles. The molecule has 174 valence electrons.